The number of carbonyl (C=O) groups is 1. The van der Waals surface area contributed by atoms with Crippen molar-refractivity contribution in [3.8, 4) is 0 Å². The molecule has 2 aromatic rings. The molecule has 0 atom stereocenters. The molecule has 5 heteroatoms. The molecule has 0 aliphatic heterocycles. The molecule has 0 aliphatic rings. The molecule has 1 aromatic heterocycles. The minimum absolute atomic E-state index is 0.141. The monoisotopic (exact) mass is 284 g/mol. The molecule has 0 saturated carbocycles. The van der Waals surface area contributed by atoms with E-state index in [1.54, 1.807) is 12.3 Å². The van der Waals surface area contributed by atoms with Crippen molar-refractivity contribution in [3.05, 3.63) is 48.2 Å². The molecule has 110 valence electrons. The molecular weight excluding hydrogens is 264 g/mol. The van der Waals surface area contributed by atoms with E-state index in [9.17, 15) is 4.79 Å². The van der Waals surface area contributed by atoms with Gasteiger partial charge in [-0.15, -0.1) is 0 Å². The summed E-state index contributed by atoms with van der Waals surface area (Å²) in [5.41, 5.74) is 2.29. The molecule has 1 aromatic carbocycles. The van der Waals surface area contributed by atoms with Crippen LogP contribution in [-0.2, 0) is 0 Å². The highest BCUT2D eigenvalue weighted by molar-refractivity contribution is 6.04. The summed E-state index contributed by atoms with van der Waals surface area (Å²) in [6.45, 7) is 0. The van der Waals surface area contributed by atoms with E-state index in [4.69, 9.17) is 0 Å². The van der Waals surface area contributed by atoms with E-state index in [1.807, 2.05) is 68.3 Å². The zero-order valence-electron chi connectivity index (χ0n) is 12.8. The van der Waals surface area contributed by atoms with E-state index < -0.39 is 0 Å². The first-order valence-corrected chi connectivity index (χ1v) is 6.69. The van der Waals surface area contributed by atoms with E-state index in [0.717, 1.165) is 11.5 Å². The number of hydrogen-bond acceptors (Lipinski definition) is 4. The Morgan fingerprint density at radius 3 is 2.38 bits per heavy atom. The Bertz CT molecular complexity index is 620. The van der Waals surface area contributed by atoms with Crippen LogP contribution in [0.3, 0.4) is 0 Å². The van der Waals surface area contributed by atoms with Crippen LogP contribution < -0.4 is 15.1 Å². The number of rotatable bonds is 4. The largest absolute Gasteiger partial charge is 0.378 e. The second-order valence-electron chi connectivity index (χ2n) is 5.20. The van der Waals surface area contributed by atoms with Gasteiger partial charge in [-0.1, -0.05) is 6.07 Å². The molecule has 1 heterocycles. The number of carbonyl (C=O) groups excluding carboxylic acids is 1. The van der Waals surface area contributed by atoms with Crippen molar-refractivity contribution in [2.24, 2.45) is 0 Å². The summed E-state index contributed by atoms with van der Waals surface area (Å²) in [6.07, 6.45) is 1.66. The zero-order valence-corrected chi connectivity index (χ0v) is 12.8. The summed E-state index contributed by atoms with van der Waals surface area (Å²) in [7, 11) is 7.74. The molecule has 0 spiro atoms. The van der Waals surface area contributed by atoms with Gasteiger partial charge in [0.2, 0.25) is 0 Å². The van der Waals surface area contributed by atoms with Gasteiger partial charge in [0.25, 0.3) is 5.91 Å². The molecule has 0 saturated heterocycles. The van der Waals surface area contributed by atoms with Crippen molar-refractivity contribution >= 4 is 23.1 Å². The van der Waals surface area contributed by atoms with Crippen LogP contribution in [0.15, 0.2) is 42.6 Å². The quantitative estimate of drug-likeness (QED) is 0.937. The maximum atomic E-state index is 12.2. The number of amides is 1. The highest BCUT2D eigenvalue weighted by atomic mass is 16.1. The van der Waals surface area contributed by atoms with Gasteiger partial charge in [0, 0.05) is 39.4 Å². The molecule has 0 fully saturated rings. The SMILES string of the molecule is CN(C)c1cccc(C(=O)Nc2ccc(N(C)C)nc2)c1. The van der Waals surface area contributed by atoms with Gasteiger partial charge in [-0.25, -0.2) is 4.98 Å². The molecular formula is C16H20N4O. The van der Waals surface area contributed by atoms with Crippen molar-refractivity contribution in [1.29, 1.82) is 0 Å². The normalized spacial score (nSPS) is 10.1. The van der Waals surface area contributed by atoms with Crippen LogP contribution in [0.25, 0.3) is 0 Å². The molecule has 1 N–H and O–H groups in total. The van der Waals surface area contributed by atoms with E-state index >= 15 is 0 Å². The number of nitrogens with zero attached hydrogens (tertiary/aromatic N) is 3. The third-order valence-corrected chi connectivity index (χ3v) is 3.09. The molecule has 0 radical (unpaired) electrons. The Labute approximate surface area is 125 Å². The van der Waals surface area contributed by atoms with Crippen molar-refractivity contribution in [1.82, 2.24) is 4.98 Å². The lowest BCUT2D eigenvalue weighted by molar-refractivity contribution is 0.102. The number of benzene rings is 1. The smallest absolute Gasteiger partial charge is 0.255 e. The van der Waals surface area contributed by atoms with Crippen LogP contribution in [0.2, 0.25) is 0 Å². The van der Waals surface area contributed by atoms with Crippen molar-refractivity contribution in [3.63, 3.8) is 0 Å². The Morgan fingerprint density at radius 2 is 1.81 bits per heavy atom. The third-order valence-electron chi connectivity index (χ3n) is 3.09. The molecule has 2 rings (SSSR count). The van der Waals surface area contributed by atoms with Crippen molar-refractivity contribution in [2.45, 2.75) is 0 Å². The van der Waals surface area contributed by atoms with Crippen LogP contribution in [-0.4, -0.2) is 39.1 Å². The lowest BCUT2D eigenvalue weighted by Crippen LogP contribution is -2.15. The number of aromatic nitrogens is 1. The summed E-state index contributed by atoms with van der Waals surface area (Å²) in [5, 5.41) is 2.85. The van der Waals surface area contributed by atoms with E-state index in [0.29, 0.717) is 11.3 Å². The van der Waals surface area contributed by atoms with E-state index in [2.05, 4.69) is 10.3 Å². The minimum Gasteiger partial charge on any atom is -0.378 e. The number of nitrogens with one attached hydrogen (secondary N) is 1. The van der Waals surface area contributed by atoms with Crippen LogP contribution in [0.5, 0.6) is 0 Å². The molecule has 0 aliphatic carbocycles. The Morgan fingerprint density at radius 1 is 1.05 bits per heavy atom. The highest BCUT2D eigenvalue weighted by Crippen LogP contribution is 2.16. The van der Waals surface area contributed by atoms with E-state index in [-0.39, 0.29) is 5.91 Å². The first-order valence-electron chi connectivity index (χ1n) is 6.69. The Kier molecular flexibility index (Phi) is 4.42. The lowest BCUT2D eigenvalue weighted by atomic mass is 10.2. The standard InChI is InChI=1S/C16H20N4O/c1-19(2)14-7-5-6-12(10-14)16(21)18-13-8-9-15(17-11-13)20(3)4/h5-11H,1-4H3,(H,18,21). The van der Waals surface area contributed by atoms with Gasteiger partial charge in [0.15, 0.2) is 0 Å². The fraction of sp³-hybridized carbons (Fsp3) is 0.250. The second-order valence-corrected chi connectivity index (χ2v) is 5.20. The minimum atomic E-state index is -0.141. The summed E-state index contributed by atoms with van der Waals surface area (Å²) in [4.78, 5) is 20.4. The maximum Gasteiger partial charge on any atom is 0.255 e. The van der Waals surface area contributed by atoms with Crippen LogP contribution in [0.4, 0.5) is 17.2 Å². The van der Waals surface area contributed by atoms with Crippen LogP contribution in [0.1, 0.15) is 10.4 Å². The summed E-state index contributed by atoms with van der Waals surface area (Å²) in [5.74, 6) is 0.709. The number of anilines is 3. The Hall–Kier alpha value is -2.56. The number of hydrogen-bond donors (Lipinski definition) is 1. The Balaban J connectivity index is 2.12. The third kappa shape index (κ3) is 3.72. The predicted octanol–water partition coefficient (Wildman–Crippen LogP) is 2.47. The van der Waals surface area contributed by atoms with Gasteiger partial charge in [-0.2, -0.15) is 0 Å². The molecule has 5 nitrogen and oxygen atoms in total. The first kappa shape index (κ1) is 14.8. The second kappa shape index (κ2) is 6.26. The van der Waals surface area contributed by atoms with Crippen LogP contribution in [0, 0.1) is 0 Å². The lowest BCUT2D eigenvalue weighted by Gasteiger charge is -2.14. The van der Waals surface area contributed by atoms with Crippen molar-refractivity contribution < 1.29 is 4.79 Å². The predicted molar refractivity (Wildman–Crippen MR) is 87.3 cm³/mol. The molecule has 1 amide bonds. The van der Waals surface area contributed by atoms with Crippen LogP contribution >= 0.6 is 0 Å². The molecule has 0 bridgehead atoms. The maximum absolute atomic E-state index is 12.2. The van der Waals surface area contributed by atoms with Gasteiger partial charge in [0.1, 0.15) is 5.82 Å². The van der Waals surface area contributed by atoms with E-state index in [1.165, 1.54) is 0 Å². The van der Waals surface area contributed by atoms with Gasteiger partial charge in [0.05, 0.1) is 11.9 Å². The summed E-state index contributed by atoms with van der Waals surface area (Å²) >= 11 is 0. The fourth-order valence-electron chi connectivity index (χ4n) is 1.85. The first-order chi connectivity index (χ1) is 9.97. The topological polar surface area (TPSA) is 48.5 Å². The van der Waals surface area contributed by atoms with Crippen molar-refractivity contribution in [2.75, 3.05) is 43.3 Å². The highest BCUT2D eigenvalue weighted by Gasteiger charge is 2.08. The zero-order chi connectivity index (χ0) is 15.4. The fourth-order valence-corrected chi connectivity index (χ4v) is 1.85. The van der Waals surface area contributed by atoms with Gasteiger partial charge >= 0.3 is 0 Å². The average Bonchev–Trinajstić information content (AvgIpc) is 2.48. The molecule has 0 unspecified atom stereocenters. The van der Waals surface area contributed by atoms with Gasteiger partial charge < -0.3 is 15.1 Å². The number of pyridine rings is 1. The van der Waals surface area contributed by atoms with Gasteiger partial charge in [-0.3, -0.25) is 4.79 Å². The summed E-state index contributed by atoms with van der Waals surface area (Å²) < 4.78 is 0. The summed E-state index contributed by atoms with van der Waals surface area (Å²) in [6, 6.07) is 11.2. The van der Waals surface area contributed by atoms with Gasteiger partial charge in [-0.05, 0) is 30.3 Å². The molecule has 21 heavy (non-hydrogen) atoms. The average molecular weight is 284 g/mol.